The molecule has 0 spiro atoms. The molecular weight excluding hydrogens is 555 g/mol. The van der Waals surface area contributed by atoms with Gasteiger partial charge >= 0.3 is 5.92 Å². The maximum atomic E-state index is 14.8. The van der Waals surface area contributed by atoms with Crippen LogP contribution in [0.5, 0.6) is 0 Å². The molecule has 2 aromatic carbocycles. The molecule has 178 valence electrons. The van der Waals surface area contributed by atoms with E-state index in [1.54, 1.807) is 24.3 Å². The third-order valence-electron chi connectivity index (χ3n) is 5.41. The molecule has 0 saturated heterocycles. The Kier molecular flexibility index (Phi) is 7.86. The van der Waals surface area contributed by atoms with Crippen LogP contribution in [0.25, 0.3) is 0 Å². The minimum Gasteiger partial charge on any atom is -0.348 e. The molecule has 3 aromatic rings. The van der Waals surface area contributed by atoms with Gasteiger partial charge in [-0.25, -0.2) is 0 Å². The molecule has 1 unspecified atom stereocenters. The standard InChI is InChI=1S/C25H24F2IN3O3/c1-15-4-6-17(7-5-15)21(30-23(33)18-8-10-20(28)16(2)12-18)13-29-24(34)25(26,27)19-9-11-22(32)31(3)14-19/h4-12,14,21H,13H2,1-3H3,(H,29,34)(H,30,33). The molecule has 3 rings (SSSR count). The lowest BCUT2D eigenvalue weighted by atomic mass is 10.0. The number of pyridine rings is 1. The summed E-state index contributed by atoms with van der Waals surface area (Å²) in [6.45, 7) is 3.54. The Labute approximate surface area is 209 Å². The van der Waals surface area contributed by atoms with Crippen molar-refractivity contribution in [2.24, 2.45) is 7.05 Å². The molecule has 0 aliphatic carbocycles. The number of hydrogen-bond acceptors (Lipinski definition) is 3. The first-order chi connectivity index (χ1) is 16.0. The maximum Gasteiger partial charge on any atom is 0.351 e. The molecule has 9 heteroatoms. The van der Waals surface area contributed by atoms with Crippen LogP contribution in [-0.2, 0) is 17.8 Å². The van der Waals surface area contributed by atoms with E-state index < -0.39 is 29.0 Å². The van der Waals surface area contributed by atoms with Crippen LogP contribution in [-0.4, -0.2) is 22.9 Å². The first-order valence-electron chi connectivity index (χ1n) is 10.5. The Morgan fingerprint density at radius 3 is 2.35 bits per heavy atom. The fraction of sp³-hybridized carbons (Fsp3) is 0.240. The van der Waals surface area contributed by atoms with Crippen LogP contribution in [0.3, 0.4) is 0 Å². The fourth-order valence-corrected chi connectivity index (χ4v) is 3.63. The predicted octanol–water partition coefficient (Wildman–Crippen LogP) is 3.99. The van der Waals surface area contributed by atoms with Gasteiger partial charge in [0.05, 0.1) is 6.04 Å². The number of benzene rings is 2. The second-order valence-corrected chi connectivity index (χ2v) is 9.21. The number of nitrogens with one attached hydrogen (secondary N) is 2. The minimum absolute atomic E-state index is 0.252. The van der Waals surface area contributed by atoms with E-state index in [-0.39, 0.29) is 12.5 Å². The van der Waals surface area contributed by atoms with Crippen LogP contribution in [0, 0.1) is 17.4 Å². The fourth-order valence-electron chi connectivity index (χ4n) is 3.29. The SMILES string of the molecule is Cc1ccc(C(CNC(=O)C(F)(F)c2ccc(=O)n(C)c2)NC(=O)c2ccc(I)c(C)c2)cc1. The van der Waals surface area contributed by atoms with Gasteiger partial charge in [-0.3, -0.25) is 14.4 Å². The predicted molar refractivity (Wildman–Crippen MR) is 134 cm³/mol. The summed E-state index contributed by atoms with van der Waals surface area (Å²) >= 11 is 2.17. The molecule has 0 radical (unpaired) electrons. The van der Waals surface area contributed by atoms with Crippen LogP contribution in [0.4, 0.5) is 8.78 Å². The second-order valence-electron chi connectivity index (χ2n) is 8.05. The molecule has 0 saturated carbocycles. The highest BCUT2D eigenvalue weighted by Gasteiger charge is 2.41. The Bertz CT molecular complexity index is 1270. The lowest BCUT2D eigenvalue weighted by Crippen LogP contribution is -2.43. The van der Waals surface area contributed by atoms with E-state index in [0.717, 1.165) is 37.6 Å². The van der Waals surface area contributed by atoms with Crippen LogP contribution < -0.4 is 16.2 Å². The topological polar surface area (TPSA) is 80.2 Å². The van der Waals surface area contributed by atoms with Gasteiger partial charge in [0.1, 0.15) is 0 Å². The van der Waals surface area contributed by atoms with E-state index in [4.69, 9.17) is 0 Å². The van der Waals surface area contributed by atoms with E-state index in [1.165, 1.54) is 7.05 Å². The highest BCUT2D eigenvalue weighted by molar-refractivity contribution is 14.1. The molecule has 0 aliphatic heterocycles. The summed E-state index contributed by atoms with van der Waals surface area (Å²) in [6, 6.07) is 13.6. The number of amides is 2. The summed E-state index contributed by atoms with van der Waals surface area (Å²) in [7, 11) is 1.33. The van der Waals surface area contributed by atoms with Crippen molar-refractivity contribution in [2.75, 3.05) is 6.54 Å². The first-order valence-corrected chi connectivity index (χ1v) is 11.5. The molecule has 1 atom stereocenters. The van der Waals surface area contributed by atoms with Gasteiger partial charge < -0.3 is 15.2 Å². The normalized spacial score (nSPS) is 12.2. The Morgan fingerprint density at radius 1 is 1.06 bits per heavy atom. The van der Waals surface area contributed by atoms with Crippen LogP contribution in [0.2, 0.25) is 0 Å². The van der Waals surface area contributed by atoms with Gasteiger partial charge in [0.15, 0.2) is 0 Å². The highest BCUT2D eigenvalue weighted by atomic mass is 127. The summed E-state index contributed by atoms with van der Waals surface area (Å²) in [5, 5.41) is 5.09. The largest absolute Gasteiger partial charge is 0.351 e. The molecule has 34 heavy (non-hydrogen) atoms. The number of alkyl halides is 2. The number of halogens is 3. The van der Waals surface area contributed by atoms with Crippen molar-refractivity contribution in [3.63, 3.8) is 0 Å². The van der Waals surface area contributed by atoms with Crippen molar-refractivity contribution in [3.8, 4) is 0 Å². The second kappa shape index (κ2) is 10.5. The number of carbonyl (C=O) groups excluding carboxylic acids is 2. The molecule has 0 bridgehead atoms. The van der Waals surface area contributed by atoms with Crippen molar-refractivity contribution in [2.45, 2.75) is 25.8 Å². The Hall–Kier alpha value is -3.08. The summed E-state index contributed by atoms with van der Waals surface area (Å²) < 4.78 is 31.5. The summed E-state index contributed by atoms with van der Waals surface area (Å²) in [6.07, 6.45) is 0.931. The van der Waals surface area contributed by atoms with Gasteiger partial charge in [0.2, 0.25) is 5.56 Å². The van der Waals surface area contributed by atoms with Gasteiger partial charge in [-0.15, -0.1) is 0 Å². The molecule has 0 fully saturated rings. The summed E-state index contributed by atoms with van der Waals surface area (Å²) in [4.78, 5) is 36.8. The lowest BCUT2D eigenvalue weighted by Gasteiger charge is -2.22. The van der Waals surface area contributed by atoms with Crippen molar-refractivity contribution in [1.29, 1.82) is 0 Å². The minimum atomic E-state index is -3.86. The van der Waals surface area contributed by atoms with Crippen LogP contribution in [0.15, 0.2) is 65.6 Å². The molecule has 1 aromatic heterocycles. The van der Waals surface area contributed by atoms with E-state index in [1.807, 2.05) is 32.0 Å². The molecule has 1 heterocycles. The van der Waals surface area contributed by atoms with E-state index in [9.17, 15) is 23.2 Å². The monoisotopic (exact) mass is 579 g/mol. The van der Waals surface area contributed by atoms with Crippen LogP contribution in [0.1, 0.15) is 38.7 Å². The number of carbonyl (C=O) groups is 2. The van der Waals surface area contributed by atoms with Crippen molar-refractivity contribution < 1.29 is 18.4 Å². The van der Waals surface area contributed by atoms with Gasteiger partial charge in [0, 0.05) is 40.6 Å². The first kappa shape index (κ1) is 25.5. The molecule has 2 amide bonds. The maximum absolute atomic E-state index is 14.8. The number of hydrogen-bond donors (Lipinski definition) is 2. The van der Waals surface area contributed by atoms with Gasteiger partial charge in [0.25, 0.3) is 11.8 Å². The Morgan fingerprint density at radius 2 is 1.74 bits per heavy atom. The van der Waals surface area contributed by atoms with E-state index in [2.05, 4.69) is 33.2 Å². The molecule has 2 N–H and O–H groups in total. The molecule has 0 aliphatic rings. The highest BCUT2D eigenvalue weighted by Crippen LogP contribution is 2.27. The zero-order chi connectivity index (χ0) is 25.0. The van der Waals surface area contributed by atoms with E-state index >= 15 is 0 Å². The summed E-state index contributed by atoms with van der Waals surface area (Å²) in [5.41, 5.74) is 1.95. The average Bonchev–Trinajstić information content (AvgIpc) is 2.80. The lowest BCUT2D eigenvalue weighted by molar-refractivity contribution is -0.147. The zero-order valence-electron chi connectivity index (χ0n) is 18.9. The third kappa shape index (κ3) is 5.88. The van der Waals surface area contributed by atoms with Gasteiger partial charge in [-0.2, -0.15) is 8.78 Å². The van der Waals surface area contributed by atoms with Crippen molar-refractivity contribution >= 4 is 34.4 Å². The smallest absolute Gasteiger partial charge is 0.348 e. The Balaban J connectivity index is 1.81. The van der Waals surface area contributed by atoms with Gasteiger partial charge in [-0.05, 0) is 71.8 Å². The third-order valence-corrected chi connectivity index (χ3v) is 6.62. The average molecular weight is 579 g/mol. The summed E-state index contributed by atoms with van der Waals surface area (Å²) in [5.74, 6) is -5.77. The van der Waals surface area contributed by atoms with Gasteiger partial charge in [-0.1, -0.05) is 29.8 Å². The number of nitrogens with zero attached hydrogens (tertiary/aromatic N) is 1. The number of aromatic nitrogens is 1. The van der Waals surface area contributed by atoms with Crippen molar-refractivity contribution in [3.05, 3.63) is 103 Å². The van der Waals surface area contributed by atoms with E-state index in [0.29, 0.717) is 11.1 Å². The van der Waals surface area contributed by atoms with Crippen molar-refractivity contribution in [1.82, 2.24) is 15.2 Å². The quantitative estimate of drug-likeness (QED) is 0.416. The zero-order valence-corrected chi connectivity index (χ0v) is 21.0. The number of rotatable bonds is 7. The number of aryl methyl sites for hydroxylation is 3. The molecule has 6 nitrogen and oxygen atoms in total. The van der Waals surface area contributed by atoms with Crippen LogP contribution >= 0.6 is 22.6 Å². The molecular formula is C25H24F2IN3O3.